The lowest BCUT2D eigenvalue weighted by atomic mass is 10.1. The molecule has 5 rings (SSSR count). The van der Waals surface area contributed by atoms with Crippen molar-refractivity contribution in [2.45, 2.75) is 45.5 Å². The molecular weight excluding hydrogens is 504 g/mol. The van der Waals surface area contributed by atoms with E-state index in [1.807, 2.05) is 49.4 Å². The number of benzene rings is 2. The van der Waals surface area contributed by atoms with Crippen molar-refractivity contribution in [3.8, 4) is 0 Å². The Kier molecular flexibility index (Phi) is 7.57. The first-order chi connectivity index (χ1) is 18.4. The third-order valence-corrected chi connectivity index (χ3v) is 6.93. The van der Waals surface area contributed by atoms with Crippen molar-refractivity contribution in [2.24, 2.45) is 0 Å². The van der Waals surface area contributed by atoms with Crippen molar-refractivity contribution in [3.63, 3.8) is 0 Å². The van der Waals surface area contributed by atoms with Gasteiger partial charge in [-0.3, -0.25) is 9.59 Å². The lowest BCUT2D eigenvalue weighted by Crippen LogP contribution is -2.39. The van der Waals surface area contributed by atoms with E-state index in [4.69, 9.17) is 22.1 Å². The van der Waals surface area contributed by atoms with Gasteiger partial charge in [0.2, 0.25) is 0 Å². The second-order valence-corrected chi connectivity index (χ2v) is 9.84. The van der Waals surface area contributed by atoms with E-state index in [1.165, 1.54) is 11.1 Å². The number of nitrogen functional groups attached to an aromatic ring is 1. The highest BCUT2D eigenvalue weighted by atomic mass is 35.5. The van der Waals surface area contributed by atoms with E-state index in [1.54, 1.807) is 16.9 Å². The summed E-state index contributed by atoms with van der Waals surface area (Å²) in [5.74, 6) is -1.17. The number of hydrogen-bond acceptors (Lipinski definition) is 6. The van der Waals surface area contributed by atoms with Crippen molar-refractivity contribution in [3.05, 3.63) is 82.6 Å². The smallest absolute Gasteiger partial charge is 0.314 e. The topological polar surface area (TPSA) is 115 Å². The molecule has 1 saturated heterocycles. The quantitative estimate of drug-likeness (QED) is 0.343. The number of rotatable bonds is 6. The molecule has 0 spiro atoms. The Hall–Kier alpha value is -3.95. The molecule has 1 aliphatic rings. The number of nitrogens with two attached hydrogens (primary N) is 1. The zero-order valence-electron chi connectivity index (χ0n) is 21.1. The Morgan fingerprint density at radius 2 is 1.97 bits per heavy atom. The monoisotopic (exact) mass is 532 g/mol. The highest BCUT2D eigenvalue weighted by Gasteiger charge is 2.26. The molecule has 2 aromatic carbocycles. The number of pyridine rings is 1. The second-order valence-electron chi connectivity index (χ2n) is 9.40. The Balaban J connectivity index is 1.44. The van der Waals surface area contributed by atoms with Crippen molar-refractivity contribution in [2.75, 3.05) is 17.7 Å². The summed E-state index contributed by atoms with van der Waals surface area (Å²) in [7, 11) is 0. The van der Waals surface area contributed by atoms with Crippen LogP contribution in [0.15, 0.2) is 60.9 Å². The summed E-state index contributed by atoms with van der Waals surface area (Å²) in [4.78, 5) is 32.7. The van der Waals surface area contributed by atoms with Gasteiger partial charge in [0.15, 0.2) is 6.23 Å². The van der Waals surface area contributed by atoms with Gasteiger partial charge in [0, 0.05) is 24.7 Å². The van der Waals surface area contributed by atoms with Gasteiger partial charge >= 0.3 is 11.8 Å². The van der Waals surface area contributed by atoms with Crippen LogP contribution in [0, 0.1) is 6.92 Å². The van der Waals surface area contributed by atoms with Crippen LogP contribution in [0.3, 0.4) is 0 Å². The van der Waals surface area contributed by atoms with E-state index in [-0.39, 0.29) is 25.1 Å². The third kappa shape index (κ3) is 5.49. The zero-order chi connectivity index (χ0) is 26.6. The van der Waals surface area contributed by atoms with Crippen LogP contribution in [-0.2, 0) is 27.4 Å². The average Bonchev–Trinajstić information content (AvgIpc) is 3.38. The summed E-state index contributed by atoms with van der Waals surface area (Å²) < 4.78 is 7.62. The normalized spacial score (nSPS) is 15.4. The van der Waals surface area contributed by atoms with Gasteiger partial charge in [0.1, 0.15) is 11.3 Å². The fourth-order valence-electron chi connectivity index (χ4n) is 4.67. The number of nitrogens with one attached hydrogen (secondary N) is 1. The number of carbonyl (C=O) groups excluding carboxylic acids is 2. The Morgan fingerprint density at radius 3 is 2.71 bits per heavy atom. The van der Waals surface area contributed by atoms with Gasteiger partial charge in [0.05, 0.1) is 23.5 Å². The van der Waals surface area contributed by atoms with E-state index in [0.717, 1.165) is 36.0 Å². The lowest BCUT2D eigenvalue weighted by molar-refractivity contribution is -0.144. The molecule has 2 amide bonds. The first-order valence-electron chi connectivity index (χ1n) is 12.5. The number of nitrogens with zero attached hydrogens (tertiary/aromatic N) is 4. The predicted molar refractivity (Wildman–Crippen MR) is 146 cm³/mol. The number of ether oxygens (including phenoxy) is 1. The fraction of sp³-hybridized carbons (Fsp3) is 0.286. The first-order valence-corrected chi connectivity index (χ1v) is 12.9. The van der Waals surface area contributed by atoms with Crippen LogP contribution in [0.5, 0.6) is 0 Å². The molecule has 9 nitrogen and oxygen atoms in total. The van der Waals surface area contributed by atoms with Gasteiger partial charge in [-0.1, -0.05) is 48.0 Å². The highest BCUT2D eigenvalue weighted by molar-refractivity contribution is 6.40. The Labute approximate surface area is 225 Å². The van der Waals surface area contributed by atoms with Crippen LogP contribution in [0.25, 0.3) is 10.9 Å². The summed E-state index contributed by atoms with van der Waals surface area (Å²) in [6.07, 6.45) is 5.56. The van der Waals surface area contributed by atoms with E-state index >= 15 is 0 Å². The lowest BCUT2D eigenvalue weighted by Gasteiger charge is -2.25. The molecule has 1 fully saturated rings. The predicted octanol–water partition coefficient (Wildman–Crippen LogP) is 4.84. The number of aromatic nitrogens is 3. The number of aryl methyl sites for hydroxylation is 1. The molecule has 1 aliphatic heterocycles. The summed E-state index contributed by atoms with van der Waals surface area (Å²) >= 11 is 6.13. The molecule has 3 heterocycles. The van der Waals surface area contributed by atoms with E-state index in [9.17, 15) is 9.59 Å². The number of anilines is 2. The molecule has 3 N–H and O–H groups in total. The van der Waals surface area contributed by atoms with Crippen LogP contribution in [0.1, 0.15) is 42.2 Å². The Bertz CT molecular complexity index is 1470. The third-order valence-electron chi connectivity index (χ3n) is 6.70. The standard InChI is InChI=1S/C28H29ClN6O3/c1-18-13-21(29)11-10-20(18)17-34(16-19-7-3-2-4-8-19)28(37)27(36)33-23-15-31-26(30)22-14-32-35(25(22)23)24-9-5-6-12-38-24/h2-4,7-8,10-11,13-15,24H,5-6,9,12,16-17H2,1H3,(H2,30,31)(H,33,36). The minimum atomic E-state index is -0.780. The van der Waals surface area contributed by atoms with Crippen molar-refractivity contribution in [1.82, 2.24) is 19.7 Å². The number of fused-ring (bicyclic) bond motifs is 1. The molecule has 2 aromatic heterocycles. The van der Waals surface area contributed by atoms with Crippen LogP contribution < -0.4 is 11.1 Å². The number of amides is 2. The van der Waals surface area contributed by atoms with E-state index in [0.29, 0.717) is 28.2 Å². The molecule has 38 heavy (non-hydrogen) atoms. The minimum absolute atomic E-state index is 0.243. The average molecular weight is 533 g/mol. The summed E-state index contributed by atoms with van der Waals surface area (Å²) in [6, 6.07) is 15.0. The number of carbonyl (C=O) groups is 2. The zero-order valence-corrected chi connectivity index (χ0v) is 21.8. The largest absolute Gasteiger partial charge is 0.383 e. The maximum atomic E-state index is 13.6. The summed E-state index contributed by atoms with van der Waals surface area (Å²) in [5, 5.41) is 8.44. The van der Waals surface area contributed by atoms with Crippen molar-refractivity contribution < 1.29 is 14.3 Å². The molecule has 0 aliphatic carbocycles. The van der Waals surface area contributed by atoms with Crippen molar-refractivity contribution in [1.29, 1.82) is 0 Å². The van der Waals surface area contributed by atoms with Crippen molar-refractivity contribution >= 4 is 45.8 Å². The SMILES string of the molecule is Cc1cc(Cl)ccc1CN(Cc1ccccc1)C(=O)C(=O)Nc1cnc(N)c2cnn(C3CCCCO3)c12. The van der Waals surface area contributed by atoms with Gasteiger partial charge in [-0.15, -0.1) is 0 Å². The molecule has 1 atom stereocenters. The summed E-state index contributed by atoms with van der Waals surface area (Å²) in [6.45, 7) is 3.06. The molecule has 0 saturated carbocycles. The molecular formula is C28H29ClN6O3. The Morgan fingerprint density at radius 1 is 1.16 bits per heavy atom. The van der Waals surface area contributed by atoms with E-state index in [2.05, 4.69) is 15.4 Å². The first kappa shape index (κ1) is 25.7. The number of hydrogen-bond donors (Lipinski definition) is 2. The molecule has 4 aromatic rings. The second kappa shape index (κ2) is 11.2. The molecule has 196 valence electrons. The van der Waals surface area contributed by atoms with Crippen LogP contribution in [0.2, 0.25) is 5.02 Å². The van der Waals surface area contributed by atoms with Gasteiger partial charge in [-0.2, -0.15) is 5.10 Å². The van der Waals surface area contributed by atoms with Gasteiger partial charge in [0.25, 0.3) is 0 Å². The maximum Gasteiger partial charge on any atom is 0.314 e. The molecule has 0 radical (unpaired) electrons. The van der Waals surface area contributed by atoms with Crippen LogP contribution >= 0.6 is 11.6 Å². The minimum Gasteiger partial charge on any atom is -0.383 e. The molecule has 0 bridgehead atoms. The van der Waals surface area contributed by atoms with Gasteiger partial charge in [-0.25, -0.2) is 9.67 Å². The summed E-state index contributed by atoms with van der Waals surface area (Å²) in [5.41, 5.74) is 9.77. The van der Waals surface area contributed by atoms with Crippen LogP contribution in [0.4, 0.5) is 11.5 Å². The van der Waals surface area contributed by atoms with Crippen LogP contribution in [-0.4, -0.2) is 38.1 Å². The maximum absolute atomic E-state index is 13.6. The fourth-order valence-corrected chi connectivity index (χ4v) is 4.90. The molecule has 10 heteroatoms. The molecule has 1 unspecified atom stereocenters. The van der Waals surface area contributed by atoms with Gasteiger partial charge in [-0.05, 0) is 55.0 Å². The highest BCUT2D eigenvalue weighted by Crippen LogP contribution is 2.32. The van der Waals surface area contributed by atoms with Gasteiger partial charge < -0.3 is 20.7 Å². The van der Waals surface area contributed by atoms with E-state index < -0.39 is 11.8 Å². The number of halogens is 1.